The predicted octanol–water partition coefficient (Wildman–Crippen LogP) is 4.19. The van der Waals surface area contributed by atoms with Crippen molar-refractivity contribution < 1.29 is 0 Å². The van der Waals surface area contributed by atoms with Crippen LogP contribution in [0.1, 0.15) is 33.4 Å². The highest BCUT2D eigenvalue weighted by molar-refractivity contribution is 7.65. The average Bonchev–Trinajstić information content (AvgIpc) is 2.34. The number of rotatable bonds is 3. The summed E-state index contributed by atoms with van der Waals surface area (Å²) in [5.74, 6) is 0. The van der Waals surface area contributed by atoms with E-state index >= 15 is 0 Å². The highest BCUT2D eigenvalue weighted by Gasteiger charge is 2.34. The smallest absolute Gasteiger partial charge is 0.181 e. The van der Waals surface area contributed by atoms with Gasteiger partial charge in [0.1, 0.15) is 0 Å². The molecule has 2 aromatic carbocycles. The van der Waals surface area contributed by atoms with Crippen LogP contribution in [0, 0.1) is 41.5 Å². The standard InChI is InChI=1S/C18H22B2Cl2/c1-11-7-13(3)17(14(4)8-11)19(20(21)22)18-15(5)9-12(2)10-16(18)6/h7-10H,1-6H3. The zero-order valence-corrected chi connectivity index (χ0v) is 15.7. The van der Waals surface area contributed by atoms with Crippen LogP contribution >= 0.6 is 22.9 Å². The minimum atomic E-state index is -0.472. The van der Waals surface area contributed by atoms with Crippen molar-refractivity contribution in [1.82, 2.24) is 0 Å². The predicted molar refractivity (Wildman–Crippen MR) is 104 cm³/mol. The number of benzene rings is 2. The van der Waals surface area contributed by atoms with E-state index in [0.717, 1.165) is 0 Å². The van der Waals surface area contributed by atoms with Crippen molar-refractivity contribution >= 4 is 45.9 Å². The third-order valence-corrected chi connectivity index (χ3v) is 4.85. The Balaban J connectivity index is 2.73. The summed E-state index contributed by atoms with van der Waals surface area (Å²) in [5.41, 5.74) is 9.63. The van der Waals surface area contributed by atoms with Gasteiger partial charge in [-0.2, -0.15) is 22.9 Å². The highest BCUT2D eigenvalue weighted by Crippen LogP contribution is 2.16. The summed E-state index contributed by atoms with van der Waals surface area (Å²) >= 11 is 12.9. The monoisotopic (exact) mass is 330 g/mol. The fourth-order valence-corrected chi connectivity index (χ4v) is 4.26. The van der Waals surface area contributed by atoms with Gasteiger partial charge in [-0.05, 0) is 41.5 Å². The largest absolute Gasteiger partial charge is 0.328 e. The molecule has 0 heterocycles. The topological polar surface area (TPSA) is 0 Å². The molecule has 0 aromatic heterocycles. The second-order valence-corrected chi connectivity index (χ2v) is 7.60. The molecule has 0 saturated carbocycles. The van der Waals surface area contributed by atoms with Gasteiger partial charge in [-0.3, -0.25) is 0 Å². The molecule has 0 saturated heterocycles. The van der Waals surface area contributed by atoms with Crippen molar-refractivity contribution in [2.45, 2.75) is 41.5 Å². The third-order valence-electron chi connectivity index (χ3n) is 4.35. The molecule has 0 aliphatic carbocycles. The van der Waals surface area contributed by atoms with Crippen molar-refractivity contribution in [2.75, 3.05) is 0 Å². The van der Waals surface area contributed by atoms with Crippen LogP contribution in [0.2, 0.25) is 0 Å². The van der Waals surface area contributed by atoms with Crippen LogP contribution in [0.25, 0.3) is 0 Å². The first-order valence-corrected chi connectivity index (χ1v) is 8.53. The highest BCUT2D eigenvalue weighted by atomic mass is 35.5. The minimum absolute atomic E-state index is 0.00420. The molecule has 0 nitrogen and oxygen atoms in total. The zero-order valence-electron chi connectivity index (χ0n) is 14.2. The lowest BCUT2D eigenvalue weighted by Crippen LogP contribution is -2.54. The maximum Gasteiger partial charge on any atom is 0.328 e. The molecule has 114 valence electrons. The van der Waals surface area contributed by atoms with Crippen molar-refractivity contribution in [3.05, 3.63) is 57.6 Å². The molecular formula is C18H22B2Cl2. The Morgan fingerprint density at radius 1 is 0.591 bits per heavy atom. The van der Waals surface area contributed by atoms with Crippen LogP contribution < -0.4 is 10.9 Å². The van der Waals surface area contributed by atoms with Crippen LogP contribution in [-0.2, 0) is 0 Å². The Labute approximate surface area is 145 Å². The van der Waals surface area contributed by atoms with Crippen molar-refractivity contribution in [3.63, 3.8) is 0 Å². The first kappa shape index (κ1) is 17.5. The molecule has 22 heavy (non-hydrogen) atoms. The maximum absolute atomic E-state index is 6.45. The molecular weight excluding hydrogens is 309 g/mol. The third kappa shape index (κ3) is 3.39. The quantitative estimate of drug-likeness (QED) is 0.740. The van der Waals surface area contributed by atoms with Crippen LogP contribution in [-0.4, -0.2) is 12.0 Å². The van der Waals surface area contributed by atoms with Crippen molar-refractivity contribution in [2.24, 2.45) is 0 Å². The van der Waals surface area contributed by atoms with Gasteiger partial charge in [0.25, 0.3) is 0 Å². The van der Waals surface area contributed by atoms with E-state index in [9.17, 15) is 0 Å². The van der Waals surface area contributed by atoms with Gasteiger partial charge in [-0.1, -0.05) is 68.6 Å². The van der Waals surface area contributed by atoms with E-state index in [4.69, 9.17) is 22.9 Å². The van der Waals surface area contributed by atoms with E-state index in [1.165, 1.54) is 44.3 Å². The summed E-state index contributed by atoms with van der Waals surface area (Å²) in [6.07, 6.45) is 0. The second-order valence-electron chi connectivity index (χ2n) is 6.44. The molecule has 4 heteroatoms. The van der Waals surface area contributed by atoms with Crippen molar-refractivity contribution in [3.8, 4) is 0 Å². The fraction of sp³-hybridized carbons (Fsp3) is 0.333. The van der Waals surface area contributed by atoms with Gasteiger partial charge in [0.2, 0.25) is 6.60 Å². The van der Waals surface area contributed by atoms with Gasteiger partial charge in [0.15, 0.2) is 0 Å². The van der Waals surface area contributed by atoms with Gasteiger partial charge < -0.3 is 0 Å². The van der Waals surface area contributed by atoms with Gasteiger partial charge in [0, 0.05) is 0 Å². The lowest BCUT2D eigenvalue weighted by molar-refractivity contribution is 1.34. The Hall–Kier alpha value is -0.850. The lowest BCUT2D eigenvalue weighted by Gasteiger charge is -2.23. The molecule has 0 unspecified atom stereocenters. The number of hydrogen-bond acceptors (Lipinski definition) is 0. The first-order valence-electron chi connectivity index (χ1n) is 7.66. The van der Waals surface area contributed by atoms with Crippen LogP contribution in [0.3, 0.4) is 0 Å². The van der Waals surface area contributed by atoms with E-state index in [2.05, 4.69) is 65.8 Å². The van der Waals surface area contributed by atoms with Crippen LogP contribution in [0.5, 0.6) is 0 Å². The number of halogens is 2. The minimum Gasteiger partial charge on any atom is -0.181 e. The molecule has 0 aliphatic rings. The molecule has 2 aromatic rings. The Kier molecular flexibility index (Phi) is 5.35. The Morgan fingerprint density at radius 2 is 0.864 bits per heavy atom. The van der Waals surface area contributed by atoms with Gasteiger partial charge in [0.05, 0.1) is 0 Å². The first-order chi connectivity index (χ1) is 10.2. The molecule has 0 spiro atoms. The Morgan fingerprint density at radius 3 is 1.09 bits per heavy atom. The molecule has 0 radical (unpaired) electrons. The fourth-order valence-electron chi connectivity index (χ4n) is 3.76. The summed E-state index contributed by atoms with van der Waals surface area (Å²) < 4.78 is 0. The normalized spacial score (nSPS) is 10.7. The summed E-state index contributed by atoms with van der Waals surface area (Å²) in [7, 11) is 0. The Bertz CT molecular complexity index is 605. The average molecular weight is 331 g/mol. The SMILES string of the molecule is Cc1cc(C)c(B(B(Cl)Cl)c2c(C)cc(C)cc2C)c(C)c1. The van der Waals surface area contributed by atoms with E-state index in [-0.39, 0.29) is 6.60 Å². The molecule has 0 aliphatic heterocycles. The van der Waals surface area contributed by atoms with Gasteiger partial charge in [-0.15, -0.1) is 0 Å². The molecule has 0 N–H and O–H groups in total. The lowest BCUT2D eigenvalue weighted by atomic mass is 9.23. The van der Waals surface area contributed by atoms with Crippen LogP contribution in [0.4, 0.5) is 0 Å². The van der Waals surface area contributed by atoms with Gasteiger partial charge >= 0.3 is 5.43 Å². The molecule has 0 fully saturated rings. The van der Waals surface area contributed by atoms with Crippen molar-refractivity contribution in [1.29, 1.82) is 0 Å². The summed E-state index contributed by atoms with van der Waals surface area (Å²) in [6, 6.07) is 8.85. The summed E-state index contributed by atoms with van der Waals surface area (Å²) in [6.45, 7) is 12.9. The van der Waals surface area contributed by atoms with E-state index in [0.29, 0.717) is 0 Å². The summed E-state index contributed by atoms with van der Waals surface area (Å²) in [5, 5.41) is 0. The number of hydrogen-bond donors (Lipinski definition) is 0. The molecule has 2 rings (SSSR count). The maximum atomic E-state index is 6.45. The van der Waals surface area contributed by atoms with Crippen LogP contribution in [0.15, 0.2) is 24.3 Å². The molecule has 0 amide bonds. The molecule has 0 atom stereocenters. The van der Waals surface area contributed by atoms with E-state index in [1.54, 1.807) is 0 Å². The number of aryl methyl sites for hydroxylation is 6. The van der Waals surface area contributed by atoms with Gasteiger partial charge in [-0.25, -0.2) is 0 Å². The zero-order chi connectivity index (χ0) is 16.6. The second kappa shape index (κ2) is 6.72. The van der Waals surface area contributed by atoms with E-state index in [1.807, 2.05) is 0 Å². The summed E-state index contributed by atoms with van der Waals surface area (Å²) in [4.78, 5) is 0. The molecule has 0 bridgehead atoms. The van der Waals surface area contributed by atoms with E-state index < -0.39 is 5.43 Å².